The second-order valence-corrected chi connectivity index (χ2v) is 10.3. The van der Waals surface area contributed by atoms with E-state index in [1.54, 1.807) is 0 Å². The molecule has 0 aromatic heterocycles. The molecule has 0 radical (unpaired) electrons. The SMILES string of the molecule is CC1CC(C)CN(S(=O)(=O)c2ccc(C(=O)OCC(=O)c3cccc(C(F)(F)F)c3)cc2)C1. The minimum atomic E-state index is -4.60. The fourth-order valence-electron chi connectivity index (χ4n) is 3.88. The van der Waals surface area contributed by atoms with E-state index in [1.165, 1.54) is 34.6 Å². The second kappa shape index (κ2) is 9.64. The molecule has 2 unspecified atom stereocenters. The summed E-state index contributed by atoms with van der Waals surface area (Å²) in [5, 5.41) is 0. The van der Waals surface area contributed by atoms with Crippen molar-refractivity contribution in [1.29, 1.82) is 0 Å². The molecule has 10 heteroatoms. The fraction of sp³-hybridized carbons (Fsp3) is 0.391. The number of nitrogens with zero attached hydrogens (tertiary/aromatic N) is 1. The van der Waals surface area contributed by atoms with Gasteiger partial charge >= 0.3 is 12.1 Å². The van der Waals surface area contributed by atoms with Crippen LogP contribution in [0.2, 0.25) is 0 Å². The highest BCUT2D eigenvalue weighted by Crippen LogP contribution is 2.30. The lowest BCUT2D eigenvalue weighted by molar-refractivity contribution is -0.137. The molecule has 0 bridgehead atoms. The number of halogens is 3. The normalized spacial score (nSPS) is 19.8. The summed E-state index contributed by atoms with van der Waals surface area (Å²) in [6.45, 7) is 4.10. The molecule has 178 valence electrons. The molecule has 0 saturated carbocycles. The van der Waals surface area contributed by atoms with Crippen LogP contribution >= 0.6 is 0 Å². The monoisotopic (exact) mass is 483 g/mol. The molecule has 6 nitrogen and oxygen atoms in total. The van der Waals surface area contributed by atoms with E-state index < -0.39 is 40.1 Å². The van der Waals surface area contributed by atoms with E-state index in [1.807, 2.05) is 13.8 Å². The number of carbonyl (C=O) groups is 2. The highest BCUT2D eigenvalue weighted by atomic mass is 32.2. The second-order valence-electron chi connectivity index (χ2n) is 8.37. The lowest BCUT2D eigenvalue weighted by Gasteiger charge is -2.34. The first kappa shape index (κ1) is 24.9. The van der Waals surface area contributed by atoms with Gasteiger partial charge in [0.25, 0.3) is 0 Å². The number of ketones is 1. The highest BCUT2D eigenvalue weighted by Gasteiger charge is 2.32. The Morgan fingerprint density at radius 1 is 1.00 bits per heavy atom. The maximum absolute atomic E-state index is 12.9. The van der Waals surface area contributed by atoms with Gasteiger partial charge in [-0.3, -0.25) is 4.79 Å². The number of ether oxygens (including phenoxy) is 1. The van der Waals surface area contributed by atoms with Gasteiger partial charge in [-0.1, -0.05) is 26.0 Å². The van der Waals surface area contributed by atoms with Crippen LogP contribution in [0.3, 0.4) is 0 Å². The summed E-state index contributed by atoms with van der Waals surface area (Å²) >= 11 is 0. The minimum absolute atomic E-state index is 0.0196. The van der Waals surface area contributed by atoms with Gasteiger partial charge in [0.2, 0.25) is 10.0 Å². The van der Waals surface area contributed by atoms with Crippen LogP contribution in [0.25, 0.3) is 0 Å². The maximum Gasteiger partial charge on any atom is 0.416 e. The summed E-state index contributed by atoms with van der Waals surface area (Å²) in [6.07, 6.45) is -3.64. The third-order valence-corrected chi connectivity index (χ3v) is 7.26. The molecule has 33 heavy (non-hydrogen) atoms. The summed E-state index contributed by atoms with van der Waals surface area (Å²) in [5.74, 6) is -1.19. The molecule has 0 amide bonds. The average molecular weight is 484 g/mol. The van der Waals surface area contributed by atoms with Crippen LogP contribution < -0.4 is 0 Å². The maximum atomic E-state index is 12.9. The lowest BCUT2D eigenvalue weighted by atomic mass is 9.94. The summed E-state index contributed by atoms with van der Waals surface area (Å²) in [5.41, 5.74) is -1.19. The van der Waals surface area contributed by atoms with E-state index in [2.05, 4.69) is 0 Å². The van der Waals surface area contributed by atoms with Gasteiger partial charge < -0.3 is 4.74 Å². The Kier molecular flexibility index (Phi) is 7.28. The molecule has 1 fully saturated rings. The minimum Gasteiger partial charge on any atom is -0.454 e. The van der Waals surface area contributed by atoms with Gasteiger partial charge in [0.1, 0.15) is 0 Å². The van der Waals surface area contributed by atoms with Crippen LogP contribution in [0.15, 0.2) is 53.4 Å². The third-order valence-electron chi connectivity index (χ3n) is 5.41. The first-order valence-electron chi connectivity index (χ1n) is 10.4. The number of hydrogen-bond donors (Lipinski definition) is 0. The largest absolute Gasteiger partial charge is 0.454 e. The van der Waals surface area contributed by atoms with E-state index in [4.69, 9.17) is 4.74 Å². The number of benzene rings is 2. The average Bonchev–Trinajstić information content (AvgIpc) is 2.76. The lowest BCUT2D eigenvalue weighted by Crippen LogP contribution is -2.42. The zero-order chi connectivity index (χ0) is 24.4. The Labute approximate surface area is 190 Å². The summed E-state index contributed by atoms with van der Waals surface area (Å²) in [7, 11) is -3.71. The van der Waals surface area contributed by atoms with Crippen molar-refractivity contribution < 1.29 is 35.9 Å². The molecular formula is C23H24F3NO5S. The summed E-state index contributed by atoms with van der Waals surface area (Å²) in [4.78, 5) is 24.4. The van der Waals surface area contributed by atoms with Crippen molar-refractivity contribution in [2.24, 2.45) is 11.8 Å². The van der Waals surface area contributed by atoms with Crippen molar-refractivity contribution in [1.82, 2.24) is 4.31 Å². The zero-order valence-electron chi connectivity index (χ0n) is 18.1. The van der Waals surface area contributed by atoms with E-state index >= 15 is 0 Å². The van der Waals surface area contributed by atoms with Crippen LogP contribution in [0, 0.1) is 11.8 Å². The number of esters is 1. The van der Waals surface area contributed by atoms with Crippen molar-refractivity contribution in [2.45, 2.75) is 31.3 Å². The molecule has 0 spiro atoms. The van der Waals surface area contributed by atoms with Crippen molar-refractivity contribution >= 4 is 21.8 Å². The predicted molar refractivity (Wildman–Crippen MR) is 114 cm³/mol. The van der Waals surface area contributed by atoms with Gasteiger partial charge in [-0.25, -0.2) is 13.2 Å². The first-order valence-corrected chi connectivity index (χ1v) is 11.8. The highest BCUT2D eigenvalue weighted by molar-refractivity contribution is 7.89. The fourth-order valence-corrected chi connectivity index (χ4v) is 5.56. The standard InChI is InChI=1S/C23H24F3NO5S/c1-15-10-16(2)13-27(12-15)33(30,31)20-8-6-17(7-9-20)22(29)32-14-21(28)18-4-3-5-19(11-18)23(24,25)26/h3-9,11,15-16H,10,12-14H2,1-2H3. The molecule has 2 atom stereocenters. The molecule has 0 N–H and O–H groups in total. The van der Waals surface area contributed by atoms with Gasteiger partial charge in [-0.2, -0.15) is 17.5 Å². The van der Waals surface area contributed by atoms with E-state index in [0.29, 0.717) is 19.2 Å². The topological polar surface area (TPSA) is 80.8 Å². The predicted octanol–water partition coefficient (Wildman–Crippen LogP) is 4.41. The van der Waals surface area contributed by atoms with Gasteiger partial charge in [-0.05, 0) is 54.7 Å². The number of rotatable bonds is 6. The Hall–Kier alpha value is -2.72. The molecule has 1 saturated heterocycles. The molecule has 2 aromatic rings. The first-order chi connectivity index (χ1) is 15.4. The quantitative estimate of drug-likeness (QED) is 0.449. The van der Waals surface area contributed by atoms with Gasteiger partial charge in [0.15, 0.2) is 12.4 Å². The van der Waals surface area contributed by atoms with Crippen molar-refractivity contribution in [3.63, 3.8) is 0 Å². The Morgan fingerprint density at radius 2 is 1.61 bits per heavy atom. The van der Waals surface area contributed by atoms with Crippen LogP contribution in [0.1, 0.15) is 46.5 Å². The van der Waals surface area contributed by atoms with Crippen LogP contribution in [-0.4, -0.2) is 44.2 Å². The number of piperidine rings is 1. The van der Waals surface area contributed by atoms with Crippen molar-refractivity contribution in [2.75, 3.05) is 19.7 Å². The molecule has 2 aromatic carbocycles. The number of Topliss-reactive ketones (excluding diaryl/α,β-unsaturated/α-hetero) is 1. The van der Waals surface area contributed by atoms with Crippen molar-refractivity contribution in [3.05, 3.63) is 65.2 Å². The van der Waals surface area contributed by atoms with Crippen LogP contribution in [0.4, 0.5) is 13.2 Å². The number of carbonyl (C=O) groups excluding carboxylic acids is 2. The van der Waals surface area contributed by atoms with Gasteiger partial charge in [-0.15, -0.1) is 0 Å². The smallest absolute Gasteiger partial charge is 0.416 e. The third kappa shape index (κ3) is 6.00. The number of sulfonamides is 1. The summed E-state index contributed by atoms with van der Waals surface area (Å²) in [6, 6.07) is 8.98. The molecule has 1 aliphatic rings. The summed E-state index contributed by atoms with van der Waals surface area (Å²) < 4.78 is 70.6. The van der Waals surface area contributed by atoms with Gasteiger partial charge in [0, 0.05) is 18.7 Å². The number of alkyl halides is 3. The Balaban J connectivity index is 1.64. The molecule has 1 aliphatic heterocycles. The Bertz CT molecular complexity index is 1120. The zero-order valence-corrected chi connectivity index (χ0v) is 18.9. The van der Waals surface area contributed by atoms with Crippen LogP contribution in [0.5, 0.6) is 0 Å². The van der Waals surface area contributed by atoms with Crippen LogP contribution in [-0.2, 0) is 20.9 Å². The molecular weight excluding hydrogens is 459 g/mol. The van der Waals surface area contributed by atoms with E-state index in [-0.39, 0.29) is 27.9 Å². The van der Waals surface area contributed by atoms with Gasteiger partial charge in [0.05, 0.1) is 16.0 Å². The molecule has 0 aliphatic carbocycles. The molecule has 3 rings (SSSR count). The molecule has 1 heterocycles. The van der Waals surface area contributed by atoms with Crippen molar-refractivity contribution in [3.8, 4) is 0 Å². The Morgan fingerprint density at radius 3 is 2.18 bits per heavy atom. The van der Waals surface area contributed by atoms with E-state index in [0.717, 1.165) is 18.6 Å². The van der Waals surface area contributed by atoms with E-state index in [9.17, 15) is 31.2 Å². The number of hydrogen-bond acceptors (Lipinski definition) is 5.